The molecule has 0 spiro atoms. The molecule has 0 bridgehead atoms. The van der Waals surface area contributed by atoms with Gasteiger partial charge in [0.05, 0.1) is 16.6 Å². The number of hydrogen-bond donors (Lipinski definition) is 3. The van der Waals surface area contributed by atoms with Crippen LogP contribution < -0.4 is 11.0 Å². The molecule has 6 nitrogen and oxygen atoms in total. The fraction of sp³-hybridized carbons (Fsp3) is 0.0714. The van der Waals surface area contributed by atoms with Crippen LogP contribution in [-0.4, -0.2) is 20.9 Å². The lowest BCUT2D eigenvalue weighted by Gasteiger charge is -2.05. The highest BCUT2D eigenvalue weighted by atomic mass is 35.5. The van der Waals surface area contributed by atoms with Crippen molar-refractivity contribution in [1.29, 1.82) is 0 Å². The average molecular weight is 305 g/mol. The fourth-order valence-electron chi connectivity index (χ4n) is 1.97. The van der Waals surface area contributed by atoms with E-state index in [0.717, 1.165) is 16.6 Å². The Balaban J connectivity index is 0.00000161. The summed E-state index contributed by atoms with van der Waals surface area (Å²) in [4.78, 5) is 32.3. The zero-order valence-electron chi connectivity index (χ0n) is 10.9. The second kappa shape index (κ2) is 6.23. The van der Waals surface area contributed by atoms with Gasteiger partial charge in [-0.05, 0) is 29.8 Å². The third-order valence-electron chi connectivity index (χ3n) is 2.96. The third-order valence-corrected chi connectivity index (χ3v) is 2.96. The Morgan fingerprint density at radius 2 is 2.00 bits per heavy atom. The number of fused-ring (bicyclic) bond motifs is 1. The highest BCUT2D eigenvalue weighted by Crippen LogP contribution is 2.10. The zero-order valence-corrected chi connectivity index (χ0v) is 11.7. The van der Waals surface area contributed by atoms with Gasteiger partial charge in [0.15, 0.2) is 0 Å². The van der Waals surface area contributed by atoms with Gasteiger partial charge in [0.2, 0.25) is 0 Å². The number of imidazole rings is 1. The van der Waals surface area contributed by atoms with Gasteiger partial charge in [-0.15, -0.1) is 12.4 Å². The summed E-state index contributed by atoms with van der Waals surface area (Å²) in [6, 6.07) is 8.91. The van der Waals surface area contributed by atoms with Crippen molar-refractivity contribution >= 4 is 29.3 Å². The van der Waals surface area contributed by atoms with Crippen LogP contribution in [0.25, 0.3) is 11.0 Å². The molecule has 0 aliphatic heterocycles. The normalized spacial score (nSPS) is 10.1. The topological polar surface area (TPSA) is 90.6 Å². The number of nitrogens with zero attached hydrogens (tertiary/aromatic N) is 1. The SMILES string of the molecule is Cl.O=C(NCc1ccc2[nH]c(=O)[nH]c2c1)c1cccnc1. The summed E-state index contributed by atoms with van der Waals surface area (Å²) in [5.41, 5.74) is 2.66. The first-order valence-electron chi connectivity index (χ1n) is 6.11. The molecule has 0 aliphatic carbocycles. The number of hydrogen-bond acceptors (Lipinski definition) is 3. The van der Waals surface area contributed by atoms with Crippen molar-refractivity contribution in [3.05, 3.63) is 64.3 Å². The first-order valence-corrected chi connectivity index (χ1v) is 6.11. The fourth-order valence-corrected chi connectivity index (χ4v) is 1.97. The smallest absolute Gasteiger partial charge is 0.323 e. The Labute approximate surface area is 126 Å². The highest BCUT2D eigenvalue weighted by molar-refractivity contribution is 5.93. The molecule has 1 amide bonds. The molecule has 3 N–H and O–H groups in total. The standard InChI is InChI=1S/C14H12N4O2.ClH/c19-13(10-2-1-5-15-8-10)16-7-9-3-4-11-12(6-9)18-14(20)17-11;/h1-6,8H,7H2,(H,16,19)(H2,17,18,20);1H. The van der Waals surface area contributed by atoms with E-state index in [1.165, 1.54) is 6.20 Å². The van der Waals surface area contributed by atoms with Gasteiger partial charge in [-0.2, -0.15) is 0 Å². The van der Waals surface area contributed by atoms with Crippen LogP contribution >= 0.6 is 12.4 Å². The molecule has 7 heteroatoms. The van der Waals surface area contributed by atoms with Gasteiger partial charge in [-0.25, -0.2) is 4.79 Å². The molecule has 0 fully saturated rings. The highest BCUT2D eigenvalue weighted by Gasteiger charge is 2.05. The summed E-state index contributed by atoms with van der Waals surface area (Å²) in [5.74, 6) is -0.180. The number of H-pyrrole nitrogens is 2. The molecule has 3 rings (SSSR count). The van der Waals surface area contributed by atoms with Crippen LogP contribution in [0.2, 0.25) is 0 Å². The van der Waals surface area contributed by atoms with Crippen molar-refractivity contribution in [3.63, 3.8) is 0 Å². The first-order chi connectivity index (χ1) is 9.72. The van der Waals surface area contributed by atoms with E-state index in [2.05, 4.69) is 20.3 Å². The Kier molecular flexibility index (Phi) is 4.39. The van der Waals surface area contributed by atoms with E-state index >= 15 is 0 Å². The number of aromatic nitrogens is 3. The minimum Gasteiger partial charge on any atom is -0.348 e. The van der Waals surface area contributed by atoms with Gasteiger partial charge in [0.1, 0.15) is 0 Å². The lowest BCUT2D eigenvalue weighted by molar-refractivity contribution is 0.0950. The predicted molar refractivity (Wildman–Crippen MR) is 81.6 cm³/mol. The van der Waals surface area contributed by atoms with Crippen LogP contribution in [0.5, 0.6) is 0 Å². The molecule has 2 heterocycles. The van der Waals surface area contributed by atoms with E-state index in [1.807, 2.05) is 12.1 Å². The molecule has 3 aromatic rings. The van der Waals surface area contributed by atoms with E-state index in [0.29, 0.717) is 12.1 Å². The van der Waals surface area contributed by atoms with Crippen molar-refractivity contribution in [2.75, 3.05) is 0 Å². The van der Waals surface area contributed by atoms with Gasteiger partial charge >= 0.3 is 5.69 Å². The molecular formula is C14H13ClN4O2. The Morgan fingerprint density at radius 1 is 1.19 bits per heavy atom. The third kappa shape index (κ3) is 3.29. The van der Waals surface area contributed by atoms with Crippen molar-refractivity contribution in [2.45, 2.75) is 6.54 Å². The maximum atomic E-state index is 11.9. The summed E-state index contributed by atoms with van der Waals surface area (Å²) in [7, 11) is 0. The lowest BCUT2D eigenvalue weighted by Crippen LogP contribution is -2.22. The van der Waals surface area contributed by atoms with Gasteiger partial charge in [0, 0.05) is 18.9 Å². The zero-order chi connectivity index (χ0) is 13.9. The Bertz CT molecular complexity index is 810. The maximum absolute atomic E-state index is 11.9. The van der Waals surface area contributed by atoms with E-state index in [9.17, 15) is 9.59 Å². The first kappa shape index (κ1) is 14.8. The summed E-state index contributed by atoms with van der Waals surface area (Å²) < 4.78 is 0. The predicted octanol–water partition coefficient (Wildman–Crippen LogP) is 1.60. The van der Waals surface area contributed by atoms with Gasteiger partial charge in [-0.1, -0.05) is 6.07 Å². The number of benzene rings is 1. The van der Waals surface area contributed by atoms with Crippen molar-refractivity contribution in [1.82, 2.24) is 20.3 Å². The number of halogens is 1. The van der Waals surface area contributed by atoms with Gasteiger partial charge in [0.25, 0.3) is 5.91 Å². The van der Waals surface area contributed by atoms with E-state index < -0.39 is 0 Å². The van der Waals surface area contributed by atoms with Crippen molar-refractivity contribution in [3.8, 4) is 0 Å². The molecule has 0 unspecified atom stereocenters. The van der Waals surface area contributed by atoms with E-state index in [-0.39, 0.29) is 24.0 Å². The molecule has 0 aliphatic rings. The lowest BCUT2D eigenvalue weighted by atomic mass is 10.2. The molecular weight excluding hydrogens is 292 g/mol. The largest absolute Gasteiger partial charge is 0.348 e. The molecule has 108 valence electrons. The van der Waals surface area contributed by atoms with Crippen molar-refractivity contribution in [2.24, 2.45) is 0 Å². The number of amides is 1. The van der Waals surface area contributed by atoms with E-state index in [1.54, 1.807) is 24.4 Å². The molecule has 0 saturated heterocycles. The van der Waals surface area contributed by atoms with Gasteiger partial charge in [-0.3, -0.25) is 9.78 Å². The molecule has 0 saturated carbocycles. The Hall–Kier alpha value is -2.60. The summed E-state index contributed by atoms with van der Waals surface area (Å²) in [6.45, 7) is 0.386. The molecule has 2 aromatic heterocycles. The molecule has 0 atom stereocenters. The number of carbonyl (C=O) groups excluding carboxylic acids is 1. The number of nitrogens with one attached hydrogen (secondary N) is 3. The number of rotatable bonds is 3. The van der Waals surface area contributed by atoms with Crippen LogP contribution in [0.15, 0.2) is 47.5 Å². The van der Waals surface area contributed by atoms with Crippen LogP contribution in [0, 0.1) is 0 Å². The molecule has 21 heavy (non-hydrogen) atoms. The van der Waals surface area contributed by atoms with Crippen LogP contribution in [0.3, 0.4) is 0 Å². The van der Waals surface area contributed by atoms with E-state index in [4.69, 9.17) is 0 Å². The summed E-state index contributed by atoms with van der Waals surface area (Å²) in [6.07, 6.45) is 3.13. The second-order valence-electron chi connectivity index (χ2n) is 4.38. The molecule has 1 aromatic carbocycles. The number of aromatic amines is 2. The number of carbonyl (C=O) groups is 1. The van der Waals surface area contributed by atoms with Crippen LogP contribution in [-0.2, 0) is 6.54 Å². The minimum absolute atomic E-state index is 0. The number of pyridine rings is 1. The molecule has 0 radical (unpaired) electrons. The maximum Gasteiger partial charge on any atom is 0.323 e. The second-order valence-corrected chi connectivity index (χ2v) is 4.38. The van der Waals surface area contributed by atoms with Crippen LogP contribution in [0.1, 0.15) is 15.9 Å². The van der Waals surface area contributed by atoms with Crippen molar-refractivity contribution < 1.29 is 4.79 Å². The quantitative estimate of drug-likeness (QED) is 0.686. The average Bonchev–Trinajstić information content (AvgIpc) is 2.85. The Morgan fingerprint density at radius 3 is 2.76 bits per heavy atom. The summed E-state index contributed by atoms with van der Waals surface area (Å²) in [5, 5.41) is 2.81. The van der Waals surface area contributed by atoms with Gasteiger partial charge < -0.3 is 15.3 Å². The monoisotopic (exact) mass is 304 g/mol. The van der Waals surface area contributed by atoms with Crippen LogP contribution in [0.4, 0.5) is 0 Å². The summed E-state index contributed by atoms with van der Waals surface area (Å²) >= 11 is 0. The minimum atomic E-state index is -0.239.